The van der Waals surface area contributed by atoms with E-state index >= 15 is 0 Å². The Morgan fingerprint density at radius 2 is 2.10 bits per heavy atom. The summed E-state index contributed by atoms with van der Waals surface area (Å²) >= 11 is 6.07. The molecule has 0 spiro atoms. The summed E-state index contributed by atoms with van der Waals surface area (Å²) in [5.74, 6) is -0.0375. The Morgan fingerprint density at radius 1 is 1.32 bits per heavy atom. The van der Waals surface area contributed by atoms with E-state index in [2.05, 4.69) is 15.7 Å². The standard InChI is InChI=1S/C22H29ClN4O4/c1-22(2,3)31-21(29)24-11-14-7-8-27-19(9-14)17(12-25-27)20(28)26-18-6-5-16(23)10-15(18)13-30-4/h5-6,10,12,14H,7-9,11,13H2,1-4H3,(H,24,29)(H,26,28). The molecule has 3 rings (SSSR count). The highest BCUT2D eigenvalue weighted by molar-refractivity contribution is 6.30. The molecule has 2 heterocycles. The van der Waals surface area contributed by atoms with Crippen molar-refractivity contribution in [2.24, 2.45) is 5.92 Å². The van der Waals surface area contributed by atoms with Crippen molar-refractivity contribution in [2.45, 2.75) is 52.4 Å². The molecule has 0 aliphatic carbocycles. The first-order valence-corrected chi connectivity index (χ1v) is 10.6. The highest BCUT2D eigenvalue weighted by Gasteiger charge is 2.26. The van der Waals surface area contributed by atoms with E-state index in [9.17, 15) is 9.59 Å². The third-order valence-electron chi connectivity index (χ3n) is 4.97. The van der Waals surface area contributed by atoms with Crippen LogP contribution in [0.2, 0.25) is 5.02 Å². The molecule has 1 aromatic carbocycles. The van der Waals surface area contributed by atoms with Gasteiger partial charge in [-0.05, 0) is 57.7 Å². The first kappa shape index (κ1) is 23.1. The molecular formula is C22H29ClN4O4. The number of ether oxygens (including phenoxy) is 2. The maximum Gasteiger partial charge on any atom is 0.407 e. The van der Waals surface area contributed by atoms with Gasteiger partial charge in [-0.3, -0.25) is 9.48 Å². The summed E-state index contributed by atoms with van der Waals surface area (Å²) in [6.45, 7) is 7.00. The number of alkyl carbamates (subject to hydrolysis) is 1. The normalized spacial score (nSPS) is 15.8. The second-order valence-electron chi connectivity index (χ2n) is 8.66. The van der Waals surface area contributed by atoms with Crippen molar-refractivity contribution in [3.05, 3.63) is 46.2 Å². The van der Waals surface area contributed by atoms with Gasteiger partial charge in [-0.1, -0.05) is 11.6 Å². The van der Waals surface area contributed by atoms with Gasteiger partial charge in [0.2, 0.25) is 0 Å². The molecule has 8 nitrogen and oxygen atoms in total. The summed E-state index contributed by atoms with van der Waals surface area (Å²) in [4.78, 5) is 24.9. The molecular weight excluding hydrogens is 420 g/mol. The molecule has 0 radical (unpaired) electrons. The number of anilines is 1. The highest BCUT2D eigenvalue weighted by atomic mass is 35.5. The number of nitrogens with one attached hydrogen (secondary N) is 2. The SMILES string of the molecule is COCc1cc(Cl)ccc1NC(=O)c1cnn2c1CC(CNC(=O)OC(C)(C)C)CC2. The van der Waals surface area contributed by atoms with Gasteiger partial charge in [-0.2, -0.15) is 5.10 Å². The van der Waals surface area contributed by atoms with Crippen molar-refractivity contribution in [1.29, 1.82) is 0 Å². The molecule has 31 heavy (non-hydrogen) atoms. The Labute approximate surface area is 187 Å². The van der Waals surface area contributed by atoms with Gasteiger partial charge in [-0.15, -0.1) is 0 Å². The van der Waals surface area contributed by atoms with Crippen LogP contribution < -0.4 is 10.6 Å². The fourth-order valence-corrected chi connectivity index (χ4v) is 3.75. The Morgan fingerprint density at radius 3 is 2.81 bits per heavy atom. The molecule has 0 bridgehead atoms. The quantitative estimate of drug-likeness (QED) is 0.695. The minimum absolute atomic E-state index is 0.197. The van der Waals surface area contributed by atoms with Crippen LogP contribution in [0.5, 0.6) is 0 Å². The first-order valence-electron chi connectivity index (χ1n) is 10.3. The highest BCUT2D eigenvalue weighted by Crippen LogP contribution is 2.26. The zero-order valence-electron chi connectivity index (χ0n) is 18.3. The van der Waals surface area contributed by atoms with Gasteiger partial charge >= 0.3 is 6.09 Å². The summed E-state index contributed by atoms with van der Waals surface area (Å²) in [5, 5.41) is 10.7. The zero-order valence-corrected chi connectivity index (χ0v) is 19.1. The molecule has 2 aromatic rings. The minimum atomic E-state index is -0.538. The number of carbonyl (C=O) groups is 2. The third kappa shape index (κ3) is 6.21. The maximum absolute atomic E-state index is 13.0. The van der Waals surface area contributed by atoms with Crippen molar-refractivity contribution < 1.29 is 19.1 Å². The smallest absolute Gasteiger partial charge is 0.407 e. The topological polar surface area (TPSA) is 94.5 Å². The molecule has 1 unspecified atom stereocenters. The third-order valence-corrected chi connectivity index (χ3v) is 5.21. The van der Waals surface area contributed by atoms with E-state index in [1.54, 1.807) is 31.5 Å². The van der Waals surface area contributed by atoms with Crippen LogP contribution in [-0.2, 0) is 29.0 Å². The van der Waals surface area contributed by atoms with Gasteiger partial charge in [0.15, 0.2) is 0 Å². The van der Waals surface area contributed by atoms with Crippen LogP contribution >= 0.6 is 11.6 Å². The van der Waals surface area contributed by atoms with Crippen LogP contribution in [0, 0.1) is 5.92 Å². The Hall–Kier alpha value is -2.58. The van der Waals surface area contributed by atoms with Gasteiger partial charge in [-0.25, -0.2) is 4.79 Å². The van der Waals surface area contributed by atoms with Crippen LogP contribution in [0.4, 0.5) is 10.5 Å². The Kier molecular flexibility index (Phi) is 7.23. The summed E-state index contributed by atoms with van der Waals surface area (Å²) in [6.07, 6.45) is 2.67. The van der Waals surface area contributed by atoms with Crippen molar-refractivity contribution in [1.82, 2.24) is 15.1 Å². The van der Waals surface area contributed by atoms with Crippen LogP contribution in [0.1, 0.15) is 48.8 Å². The average Bonchev–Trinajstić information content (AvgIpc) is 3.11. The largest absolute Gasteiger partial charge is 0.444 e. The number of fused-ring (bicyclic) bond motifs is 1. The lowest BCUT2D eigenvalue weighted by atomic mass is 9.94. The van der Waals surface area contributed by atoms with Gasteiger partial charge in [0.05, 0.1) is 24.1 Å². The van der Waals surface area contributed by atoms with Crippen molar-refractivity contribution in [3.63, 3.8) is 0 Å². The van der Waals surface area contributed by atoms with Crippen molar-refractivity contribution in [3.8, 4) is 0 Å². The number of rotatable bonds is 6. The van der Waals surface area contributed by atoms with E-state index in [4.69, 9.17) is 21.1 Å². The lowest BCUT2D eigenvalue weighted by Gasteiger charge is -2.25. The number of nitrogens with zero attached hydrogens (tertiary/aromatic N) is 2. The molecule has 9 heteroatoms. The van der Waals surface area contributed by atoms with E-state index in [1.165, 1.54) is 0 Å². The lowest BCUT2D eigenvalue weighted by Crippen LogP contribution is -2.37. The predicted octanol–water partition coefficient (Wildman–Crippen LogP) is 4.02. The number of aromatic nitrogens is 2. The molecule has 0 saturated carbocycles. The molecule has 0 saturated heterocycles. The number of methoxy groups -OCH3 is 1. The number of benzene rings is 1. The Balaban J connectivity index is 1.67. The zero-order chi connectivity index (χ0) is 22.6. The predicted molar refractivity (Wildman–Crippen MR) is 118 cm³/mol. The molecule has 1 aliphatic heterocycles. The van der Waals surface area contributed by atoms with E-state index in [0.717, 1.165) is 17.7 Å². The minimum Gasteiger partial charge on any atom is -0.444 e. The number of carbonyl (C=O) groups excluding carboxylic acids is 2. The van der Waals surface area contributed by atoms with Crippen LogP contribution in [0.25, 0.3) is 0 Å². The number of amides is 2. The number of hydrogen-bond acceptors (Lipinski definition) is 5. The van der Waals surface area contributed by atoms with Crippen LogP contribution in [0.3, 0.4) is 0 Å². The summed E-state index contributed by atoms with van der Waals surface area (Å²) in [7, 11) is 1.59. The fraction of sp³-hybridized carbons (Fsp3) is 0.500. The lowest BCUT2D eigenvalue weighted by molar-refractivity contribution is 0.0516. The summed E-state index contributed by atoms with van der Waals surface area (Å²) in [5.41, 5.74) is 2.30. The van der Waals surface area contributed by atoms with Crippen LogP contribution in [-0.4, -0.2) is 41.0 Å². The molecule has 0 fully saturated rings. The second-order valence-corrected chi connectivity index (χ2v) is 9.09. The second kappa shape index (κ2) is 9.70. The van der Waals surface area contributed by atoms with Gasteiger partial charge in [0.1, 0.15) is 5.60 Å². The van der Waals surface area contributed by atoms with Crippen molar-refractivity contribution >= 4 is 29.3 Å². The number of aryl methyl sites for hydroxylation is 1. The van der Waals surface area contributed by atoms with Crippen LogP contribution in [0.15, 0.2) is 24.4 Å². The molecule has 1 aliphatic rings. The Bertz CT molecular complexity index is 951. The summed E-state index contributed by atoms with van der Waals surface area (Å²) < 4.78 is 12.4. The monoisotopic (exact) mass is 448 g/mol. The van der Waals surface area contributed by atoms with Gasteiger partial charge in [0.25, 0.3) is 5.91 Å². The van der Waals surface area contributed by atoms with Crippen molar-refractivity contribution in [2.75, 3.05) is 19.0 Å². The average molecular weight is 449 g/mol. The molecule has 2 amide bonds. The van der Waals surface area contributed by atoms with E-state index in [-0.39, 0.29) is 11.8 Å². The first-order chi connectivity index (χ1) is 14.7. The molecule has 2 N–H and O–H groups in total. The number of hydrogen-bond donors (Lipinski definition) is 2. The van der Waals surface area contributed by atoms with E-state index in [1.807, 2.05) is 25.5 Å². The molecule has 1 atom stereocenters. The number of halogens is 1. The maximum atomic E-state index is 13.0. The summed E-state index contributed by atoms with van der Waals surface area (Å²) in [6, 6.07) is 5.26. The van der Waals surface area contributed by atoms with Gasteiger partial charge in [0, 0.05) is 36.5 Å². The molecule has 1 aromatic heterocycles. The van der Waals surface area contributed by atoms with E-state index in [0.29, 0.717) is 42.4 Å². The van der Waals surface area contributed by atoms with E-state index < -0.39 is 11.7 Å². The molecule has 168 valence electrons. The van der Waals surface area contributed by atoms with Gasteiger partial charge < -0.3 is 20.1 Å². The fourth-order valence-electron chi connectivity index (χ4n) is 3.55.